The molecule has 0 unspecified atom stereocenters. The Hall–Kier alpha value is -2.81. The van der Waals surface area contributed by atoms with Gasteiger partial charge in [-0.05, 0) is 30.7 Å². The second-order valence-electron chi connectivity index (χ2n) is 6.55. The summed E-state index contributed by atoms with van der Waals surface area (Å²) in [5.74, 6) is 0.333. The van der Waals surface area contributed by atoms with Crippen molar-refractivity contribution in [1.82, 2.24) is 14.5 Å². The standard InChI is InChI=1S/C18H19F3N4O2/c1-9-5-11(18(19,20)21)7-13(27)14(9)17-23-15-12(25(17)4)6-10(8-26)16(22-15)24(2)3/h5-7,26-27H,8H2,1-4H3. The van der Waals surface area contributed by atoms with Gasteiger partial charge in [-0.3, -0.25) is 0 Å². The number of pyridine rings is 1. The van der Waals surface area contributed by atoms with Gasteiger partial charge in [0.25, 0.3) is 0 Å². The lowest BCUT2D eigenvalue weighted by Crippen LogP contribution is -2.13. The van der Waals surface area contributed by atoms with Crippen molar-refractivity contribution in [3.05, 3.63) is 34.9 Å². The van der Waals surface area contributed by atoms with E-state index in [4.69, 9.17) is 0 Å². The lowest BCUT2D eigenvalue weighted by atomic mass is 10.0. The van der Waals surface area contributed by atoms with Gasteiger partial charge in [0.2, 0.25) is 0 Å². The van der Waals surface area contributed by atoms with E-state index in [0.717, 1.165) is 6.07 Å². The first kappa shape index (κ1) is 19.0. The summed E-state index contributed by atoms with van der Waals surface area (Å²) in [7, 11) is 5.24. The van der Waals surface area contributed by atoms with Gasteiger partial charge in [0.05, 0.1) is 23.3 Å². The molecule has 2 heterocycles. The monoisotopic (exact) mass is 380 g/mol. The maximum atomic E-state index is 13.0. The molecule has 0 fully saturated rings. The molecular weight excluding hydrogens is 361 g/mol. The molecule has 0 aliphatic carbocycles. The molecule has 0 saturated heterocycles. The number of aromatic hydroxyl groups is 1. The first-order valence-corrected chi connectivity index (χ1v) is 8.10. The Bertz CT molecular complexity index is 1000. The number of aliphatic hydroxyl groups excluding tert-OH is 1. The van der Waals surface area contributed by atoms with Crippen molar-refractivity contribution >= 4 is 17.0 Å². The number of fused-ring (bicyclic) bond motifs is 1. The maximum Gasteiger partial charge on any atom is 0.416 e. The van der Waals surface area contributed by atoms with Crippen LogP contribution in [-0.2, 0) is 19.8 Å². The van der Waals surface area contributed by atoms with Crippen LogP contribution in [0.4, 0.5) is 19.0 Å². The molecule has 0 radical (unpaired) electrons. The molecule has 2 aromatic heterocycles. The van der Waals surface area contributed by atoms with Crippen molar-refractivity contribution in [2.75, 3.05) is 19.0 Å². The molecule has 0 aliphatic rings. The highest BCUT2D eigenvalue weighted by Gasteiger charge is 2.32. The Kier molecular flexibility index (Phi) is 4.51. The predicted octanol–water partition coefficient (Wildman–Crippen LogP) is 3.23. The quantitative estimate of drug-likeness (QED) is 0.730. The minimum absolute atomic E-state index is 0.209. The van der Waals surface area contributed by atoms with Crippen molar-refractivity contribution < 1.29 is 23.4 Å². The number of halogens is 3. The number of hydrogen-bond acceptors (Lipinski definition) is 5. The first-order valence-electron chi connectivity index (χ1n) is 8.10. The van der Waals surface area contributed by atoms with Crippen molar-refractivity contribution in [3.63, 3.8) is 0 Å². The number of nitrogens with zero attached hydrogens (tertiary/aromatic N) is 4. The minimum Gasteiger partial charge on any atom is -0.507 e. The fraction of sp³-hybridized carbons (Fsp3) is 0.333. The topological polar surface area (TPSA) is 74.4 Å². The van der Waals surface area contributed by atoms with Gasteiger partial charge in [0.15, 0.2) is 5.65 Å². The number of aryl methyl sites for hydroxylation is 2. The van der Waals surface area contributed by atoms with Gasteiger partial charge in [0, 0.05) is 26.7 Å². The summed E-state index contributed by atoms with van der Waals surface area (Å²) in [5, 5.41) is 19.9. The Morgan fingerprint density at radius 2 is 1.81 bits per heavy atom. The summed E-state index contributed by atoms with van der Waals surface area (Å²) in [6, 6.07) is 3.40. The zero-order valence-electron chi connectivity index (χ0n) is 15.3. The van der Waals surface area contributed by atoms with Gasteiger partial charge in [-0.2, -0.15) is 13.2 Å². The van der Waals surface area contributed by atoms with E-state index >= 15 is 0 Å². The van der Waals surface area contributed by atoms with Crippen LogP contribution in [0.25, 0.3) is 22.6 Å². The van der Waals surface area contributed by atoms with E-state index in [1.807, 2.05) is 0 Å². The summed E-state index contributed by atoms with van der Waals surface area (Å²) in [5.41, 5.74) is 1.09. The first-order chi connectivity index (χ1) is 12.5. The lowest BCUT2D eigenvalue weighted by Gasteiger charge is -2.15. The fourth-order valence-electron chi connectivity index (χ4n) is 3.09. The van der Waals surface area contributed by atoms with Gasteiger partial charge in [-0.25, -0.2) is 9.97 Å². The Labute approximate surface area is 153 Å². The second-order valence-corrected chi connectivity index (χ2v) is 6.55. The molecule has 0 aliphatic heterocycles. The number of alkyl halides is 3. The van der Waals surface area contributed by atoms with Crippen LogP contribution in [0, 0.1) is 6.92 Å². The summed E-state index contributed by atoms with van der Waals surface area (Å²) >= 11 is 0. The molecule has 3 aromatic rings. The maximum absolute atomic E-state index is 13.0. The molecule has 0 amide bonds. The fourth-order valence-corrected chi connectivity index (χ4v) is 3.09. The molecule has 27 heavy (non-hydrogen) atoms. The van der Waals surface area contributed by atoms with E-state index in [2.05, 4.69) is 9.97 Å². The number of phenols is 1. The number of aromatic nitrogens is 3. The molecule has 9 heteroatoms. The smallest absolute Gasteiger partial charge is 0.416 e. The molecule has 144 valence electrons. The molecule has 0 saturated carbocycles. The lowest BCUT2D eigenvalue weighted by molar-refractivity contribution is -0.137. The number of benzene rings is 1. The van der Waals surface area contributed by atoms with Crippen LogP contribution in [0.2, 0.25) is 0 Å². The van der Waals surface area contributed by atoms with Crippen LogP contribution >= 0.6 is 0 Å². The third kappa shape index (κ3) is 3.18. The molecular formula is C18H19F3N4O2. The van der Waals surface area contributed by atoms with Gasteiger partial charge in [-0.1, -0.05) is 0 Å². The van der Waals surface area contributed by atoms with Crippen molar-refractivity contribution in [2.24, 2.45) is 7.05 Å². The molecule has 0 atom stereocenters. The highest BCUT2D eigenvalue weighted by molar-refractivity contribution is 5.82. The van der Waals surface area contributed by atoms with Gasteiger partial charge in [-0.15, -0.1) is 0 Å². The number of rotatable bonds is 3. The van der Waals surface area contributed by atoms with E-state index in [-0.39, 0.29) is 17.7 Å². The van der Waals surface area contributed by atoms with Gasteiger partial charge >= 0.3 is 6.18 Å². The predicted molar refractivity (Wildman–Crippen MR) is 95.6 cm³/mol. The van der Waals surface area contributed by atoms with E-state index in [1.54, 1.807) is 36.7 Å². The largest absolute Gasteiger partial charge is 0.507 e. The number of hydrogen-bond donors (Lipinski definition) is 2. The van der Waals surface area contributed by atoms with E-state index in [9.17, 15) is 23.4 Å². The van der Waals surface area contributed by atoms with E-state index in [1.165, 1.54) is 6.92 Å². The van der Waals surface area contributed by atoms with Crippen LogP contribution in [0.3, 0.4) is 0 Å². The zero-order chi connectivity index (χ0) is 20.1. The van der Waals surface area contributed by atoms with Crippen LogP contribution in [0.15, 0.2) is 18.2 Å². The third-order valence-corrected chi connectivity index (χ3v) is 4.39. The number of phenolic OH excluding ortho intramolecular Hbond substituents is 1. The third-order valence-electron chi connectivity index (χ3n) is 4.39. The SMILES string of the molecule is Cc1cc(C(F)(F)F)cc(O)c1-c1nc2nc(N(C)C)c(CO)cc2n1C. The summed E-state index contributed by atoms with van der Waals surface area (Å²) in [4.78, 5) is 10.6. The summed E-state index contributed by atoms with van der Waals surface area (Å²) < 4.78 is 40.5. The number of aliphatic hydroxyl groups is 1. The molecule has 3 rings (SSSR count). The van der Waals surface area contributed by atoms with Crippen molar-refractivity contribution in [2.45, 2.75) is 19.7 Å². The van der Waals surface area contributed by atoms with Crippen LogP contribution in [0.5, 0.6) is 5.75 Å². The second kappa shape index (κ2) is 6.41. The molecule has 0 bridgehead atoms. The summed E-state index contributed by atoms with van der Waals surface area (Å²) in [6.45, 7) is 1.27. The Morgan fingerprint density at radius 3 is 2.33 bits per heavy atom. The summed E-state index contributed by atoms with van der Waals surface area (Å²) in [6.07, 6.45) is -4.55. The van der Waals surface area contributed by atoms with Crippen LogP contribution in [0.1, 0.15) is 16.7 Å². The van der Waals surface area contributed by atoms with Gasteiger partial charge in [0.1, 0.15) is 17.4 Å². The molecule has 0 spiro atoms. The molecule has 1 aromatic carbocycles. The molecule has 6 nitrogen and oxygen atoms in total. The average molecular weight is 380 g/mol. The van der Waals surface area contributed by atoms with Crippen molar-refractivity contribution in [1.29, 1.82) is 0 Å². The minimum atomic E-state index is -4.55. The normalized spacial score (nSPS) is 12.0. The molecule has 2 N–H and O–H groups in total. The Balaban J connectivity index is 2.25. The zero-order valence-corrected chi connectivity index (χ0v) is 15.3. The highest BCUT2D eigenvalue weighted by atomic mass is 19.4. The van der Waals surface area contributed by atoms with Crippen LogP contribution in [-0.4, -0.2) is 38.8 Å². The van der Waals surface area contributed by atoms with Crippen LogP contribution < -0.4 is 4.90 Å². The van der Waals surface area contributed by atoms with E-state index < -0.39 is 17.5 Å². The number of anilines is 1. The Morgan fingerprint density at radius 1 is 1.15 bits per heavy atom. The number of imidazole rings is 1. The highest BCUT2D eigenvalue weighted by Crippen LogP contribution is 2.39. The van der Waals surface area contributed by atoms with E-state index in [0.29, 0.717) is 34.4 Å². The van der Waals surface area contributed by atoms with Gasteiger partial charge < -0.3 is 19.7 Å². The average Bonchev–Trinajstić information content (AvgIpc) is 2.88. The van der Waals surface area contributed by atoms with Crippen molar-refractivity contribution in [3.8, 4) is 17.1 Å².